The highest BCUT2D eigenvalue weighted by Crippen LogP contribution is 2.47. The molecule has 0 radical (unpaired) electrons. The van der Waals surface area contributed by atoms with Crippen molar-refractivity contribution in [3.05, 3.63) is 52.1 Å². The molecule has 2 aliphatic heterocycles. The Morgan fingerprint density at radius 1 is 1.21 bits per heavy atom. The number of esters is 1. The van der Waals surface area contributed by atoms with Crippen molar-refractivity contribution >= 4 is 35.5 Å². The smallest absolute Gasteiger partial charge is 0.331 e. The van der Waals surface area contributed by atoms with Crippen LogP contribution in [0.5, 0.6) is 11.5 Å². The number of ether oxygens (including phenoxy) is 3. The van der Waals surface area contributed by atoms with Crippen molar-refractivity contribution in [2.45, 2.75) is 44.6 Å². The van der Waals surface area contributed by atoms with E-state index in [-0.39, 0.29) is 35.5 Å². The molecule has 210 valence electrons. The lowest BCUT2D eigenvalue weighted by Gasteiger charge is -2.42. The first-order valence-corrected chi connectivity index (χ1v) is 13.0. The second kappa shape index (κ2) is 11.5. The molecule has 4 rings (SSSR count). The molecular formula is C26H29NO11S. The van der Waals surface area contributed by atoms with Crippen LogP contribution in [0.1, 0.15) is 19.4 Å². The second-order valence-electron chi connectivity index (χ2n) is 9.70. The van der Waals surface area contributed by atoms with Crippen LogP contribution in [0, 0.1) is 5.41 Å². The number of phenols is 2. The van der Waals surface area contributed by atoms with Crippen LogP contribution in [0.2, 0.25) is 0 Å². The SMILES string of the molecule is CC1(C)C(CO[C@@H]2O[C@H](CO)[C@@H](O)[C@H](O)[C@H]2OC(=O)/C=C/c2ccc(O)c(O)c2)=CC(=O)C2=C1SCC(=O)N2. The molecule has 12 nitrogen and oxygen atoms in total. The molecular weight excluding hydrogens is 534 g/mol. The van der Waals surface area contributed by atoms with Crippen molar-refractivity contribution in [3.8, 4) is 11.5 Å². The Balaban J connectivity index is 1.49. The van der Waals surface area contributed by atoms with Crippen molar-refractivity contribution in [2.24, 2.45) is 5.41 Å². The molecule has 0 bridgehead atoms. The number of carbonyl (C=O) groups excluding carboxylic acids is 3. The number of amides is 1. The predicted octanol–water partition coefficient (Wildman–Crippen LogP) is 0.0883. The average Bonchev–Trinajstić information content (AvgIpc) is 2.89. The maximum Gasteiger partial charge on any atom is 0.331 e. The number of rotatable bonds is 7. The van der Waals surface area contributed by atoms with E-state index < -0.39 is 54.5 Å². The monoisotopic (exact) mass is 563 g/mol. The van der Waals surface area contributed by atoms with E-state index >= 15 is 0 Å². The lowest BCUT2D eigenvalue weighted by atomic mass is 9.78. The summed E-state index contributed by atoms with van der Waals surface area (Å²) in [5.74, 6) is -2.16. The maximum absolute atomic E-state index is 12.7. The van der Waals surface area contributed by atoms with Crippen LogP contribution in [0.15, 0.2) is 46.5 Å². The number of thioether (sulfide) groups is 1. The van der Waals surface area contributed by atoms with E-state index in [9.17, 15) is 39.9 Å². The van der Waals surface area contributed by atoms with Crippen molar-refractivity contribution in [1.29, 1.82) is 0 Å². The molecule has 1 aromatic carbocycles. The standard InChI is InChI=1S/C26H29NO11S/c1-26(2)13(8-16(31)20-24(26)39-11-18(32)27-20)10-36-25-23(22(35)21(34)17(9-28)37-25)38-19(33)6-4-12-3-5-14(29)15(30)7-12/h3-8,17,21-23,25,28-30,34-35H,9-11H2,1-2H3,(H,27,32)/b6-4+/t17-,21-,22+,23-,25-/m1/s1. The van der Waals surface area contributed by atoms with Gasteiger partial charge in [0, 0.05) is 16.4 Å². The molecule has 39 heavy (non-hydrogen) atoms. The summed E-state index contributed by atoms with van der Waals surface area (Å²) in [5, 5.41) is 52.2. The fourth-order valence-electron chi connectivity index (χ4n) is 4.36. The molecule has 0 unspecified atom stereocenters. The Hall–Kier alpha value is -3.20. The zero-order chi connectivity index (χ0) is 28.5. The minimum absolute atomic E-state index is 0.160. The molecule has 0 aromatic heterocycles. The van der Waals surface area contributed by atoms with Gasteiger partial charge in [0.15, 0.2) is 23.9 Å². The summed E-state index contributed by atoms with van der Waals surface area (Å²) in [6, 6.07) is 3.90. The normalized spacial score (nSPS) is 28.6. The number of hydrogen-bond acceptors (Lipinski definition) is 12. The van der Waals surface area contributed by atoms with Gasteiger partial charge in [0.05, 0.1) is 24.7 Å². The van der Waals surface area contributed by atoms with Crippen molar-refractivity contribution in [2.75, 3.05) is 19.0 Å². The number of hydrogen-bond donors (Lipinski definition) is 6. The maximum atomic E-state index is 12.7. The highest BCUT2D eigenvalue weighted by molar-refractivity contribution is 8.03. The van der Waals surface area contributed by atoms with Gasteiger partial charge in [-0.25, -0.2) is 4.79 Å². The highest BCUT2D eigenvalue weighted by atomic mass is 32.2. The van der Waals surface area contributed by atoms with Crippen LogP contribution in [0.25, 0.3) is 6.08 Å². The van der Waals surface area contributed by atoms with E-state index in [0.717, 1.165) is 6.08 Å². The van der Waals surface area contributed by atoms with Crippen LogP contribution < -0.4 is 5.32 Å². The van der Waals surface area contributed by atoms with Gasteiger partial charge in [-0.05, 0) is 35.4 Å². The lowest BCUT2D eigenvalue weighted by molar-refractivity contribution is -0.301. The van der Waals surface area contributed by atoms with Gasteiger partial charge in [0.2, 0.25) is 11.7 Å². The summed E-state index contributed by atoms with van der Waals surface area (Å²) in [6.45, 7) is 2.87. The number of nitrogens with one attached hydrogen (secondary N) is 1. The molecule has 6 N–H and O–H groups in total. The third-order valence-electron chi connectivity index (χ3n) is 6.65. The van der Waals surface area contributed by atoms with Crippen molar-refractivity contribution in [3.63, 3.8) is 0 Å². The fourth-order valence-corrected chi connectivity index (χ4v) is 5.49. The van der Waals surface area contributed by atoms with Crippen LogP contribution in [0.4, 0.5) is 0 Å². The van der Waals surface area contributed by atoms with Gasteiger partial charge < -0.3 is 45.1 Å². The predicted molar refractivity (Wildman–Crippen MR) is 137 cm³/mol. The Morgan fingerprint density at radius 3 is 2.64 bits per heavy atom. The van der Waals surface area contributed by atoms with E-state index in [1.54, 1.807) is 0 Å². The molecule has 1 amide bonds. The van der Waals surface area contributed by atoms with Crippen LogP contribution in [0.3, 0.4) is 0 Å². The first kappa shape index (κ1) is 28.8. The fraction of sp³-hybridized carbons (Fsp3) is 0.423. The third-order valence-corrected chi connectivity index (χ3v) is 8.06. The first-order chi connectivity index (χ1) is 18.4. The lowest BCUT2D eigenvalue weighted by Crippen LogP contribution is -2.60. The zero-order valence-electron chi connectivity index (χ0n) is 21.1. The summed E-state index contributed by atoms with van der Waals surface area (Å²) in [5.41, 5.74) is 0.433. The minimum atomic E-state index is -1.68. The number of benzene rings is 1. The highest BCUT2D eigenvalue weighted by Gasteiger charge is 2.48. The number of ketones is 1. The molecule has 1 aliphatic carbocycles. The number of aromatic hydroxyl groups is 2. The Morgan fingerprint density at radius 2 is 1.95 bits per heavy atom. The summed E-state index contributed by atoms with van der Waals surface area (Å²) in [6.07, 6.45) is -3.77. The molecule has 1 fully saturated rings. The molecule has 0 saturated carbocycles. The number of phenolic OH excluding ortho intramolecular Hbond substituents is 2. The Kier molecular flexibility index (Phi) is 8.49. The van der Waals surface area contributed by atoms with E-state index in [0.29, 0.717) is 16.0 Å². The van der Waals surface area contributed by atoms with Gasteiger partial charge in [-0.1, -0.05) is 19.9 Å². The molecule has 3 aliphatic rings. The van der Waals surface area contributed by atoms with Crippen molar-refractivity contribution in [1.82, 2.24) is 5.32 Å². The summed E-state index contributed by atoms with van der Waals surface area (Å²) < 4.78 is 16.8. The van der Waals surface area contributed by atoms with Gasteiger partial charge in [0.1, 0.15) is 18.3 Å². The number of aliphatic hydroxyl groups excluding tert-OH is 3. The van der Waals surface area contributed by atoms with Gasteiger partial charge in [-0.3, -0.25) is 9.59 Å². The van der Waals surface area contributed by atoms with Gasteiger partial charge in [-0.15, -0.1) is 11.8 Å². The molecule has 2 heterocycles. The molecule has 0 spiro atoms. The summed E-state index contributed by atoms with van der Waals surface area (Å²) in [4.78, 5) is 37.7. The third kappa shape index (κ3) is 6.03. The molecule has 5 atom stereocenters. The van der Waals surface area contributed by atoms with Crippen molar-refractivity contribution < 1.29 is 54.1 Å². The van der Waals surface area contributed by atoms with Gasteiger partial charge in [-0.2, -0.15) is 0 Å². The second-order valence-corrected chi connectivity index (χ2v) is 10.7. The minimum Gasteiger partial charge on any atom is -0.504 e. The summed E-state index contributed by atoms with van der Waals surface area (Å²) in [7, 11) is 0. The van der Waals surface area contributed by atoms with Crippen LogP contribution >= 0.6 is 11.8 Å². The largest absolute Gasteiger partial charge is 0.504 e. The topological polar surface area (TPSA) is 192 Å². The Labute approximate surface area is 227 Å². The molecule has 13 heteroatoms. The van der Waals surface area contributed by atoms with E-state index in [1.807, 2.05) is 13.8 Å². The average molecular weight is 564 g/mol. The van der Waals surface area contributed by atoms with Crippen LogP contribution in [-0.4, -0.2) is 92.9 Å². The number of aliphatic hydroxyl groups is 3. The zero-order valence-corrected chi connectivity index (χ0v) is 21.9. The van der Waals surface area contributed by atoms with Gasteiger partial charge in [0.25, 0.3) is 0 Å². The number of carbonyl (C=O) groups is 3. The quantitative estimate of drug-likeness (QED) is 0.149. The Bertz CT molecular complexity index is 1250. The van der Waals surface area contributed by atoms with Gasteiger partial charge >= 0.3 is 5.97 Å². The molecule has 1 saturated heterocycles. The number of allylic oxidation sites excluding steroid dienone is 2. The van der Waals surface area contributed by atoms with E-state index in [4.69, 9.17) is 14.2 Å². The van der Waals surface area contributed by atoms with E-state index in [2.05, 4.69) is 5.32 Å². The molecule has 1 aromatic rings. The van der Waals surface area contributed by atoms with Crippen LogP contribution in [-0.2, 0) is 28.6 Å². The first-order valence-electron chi connectivity index (χ1n) is 12.0. The summed E-state index contributed by atoms with van der Waals surface area (Å²) >= 11 is 1.26. The van der Waals surface area contributed by atoms with E-state index in [1.165, 1.54) is 42.1 Å².